The summed E-state index contributed by atoms with van der Waals surface area (Å²) < 4.78 is 26.6. The molecule has 3 nitrogen and oxygen atoms in total. The molecule has 0 aromatic carbocycles. The summed E-state index contributed by atoms with van der Waals surface area (Å²) in [7, 11) is -3.17. The van der Waals surface area contributed by atoms with Crippen LogP contribution >= 0.6 is 38.9 Å². The lowest BCUT2D eigenvalue weighted by atomic mass is 10.4. The van der Waals surface area contributed by atoms with Crippen molar-refractivity contribution in [3.05, 3.63) is 20.8 Å². The Hall–Kier alpha value is 0.380. The zero-order chi connectivity index (χ0) is 12.0. The van der Waals surface area contributed by atoms with Crippen LogP contribution in [0.15, 0.2) is 15.9 Å². The van der Waals surface area contributed by atoms with Crippen molar-refractivity contribution in [2.45, 2.75) is 19.4 Å². The number of unbranched alkanes of at least 4 members (excludes halogenated alkanes) is 1. The standard InChI is InChI=1S/C9H13BrClNO2S2/c10-8-3-5-15-9(8)7-12-16(13,14)6-2-1-4-11/h3,5,12H,1-2,4,6-7H2. The molecule has 0 aliphatic heterocycles. The molecule has 0 aliphatic rings. The van der Waals surface area contributed by atoms with E-state index in [9.17, 15) is 8.42 Å². The third-order valence-corrected chi connectivity index (χ3v) is 5.54. The van der Waals surface area contributed by atoms with Crippen LogP contribution < -0.4 is 4.72 Å². The van der Waals surface area contributed by atoms with Gasteiger partial charge < -0.3 is 0 Å². The first-order valence-corrected chi connectivity index (χ1v) is 8.66. The van der Waals surface area contributed by atoms with Gasteiger partial charge in [0, 0.05) is 21.8 Å². The Morgan fingerprint density at radius 1 is 1.44 bits per heavy atom. The molecule has 0 atom stereocenters. The SMILES string of the molecule is O=S(=O)(CCCCCl)NCc1sccc1Br. The van der Waals surface area contributed by atoms with E-state index in [0.29, 0.717) is 18.8 Å². The van der Waals surface area contributed by atoms with Crippen molar-refractivity contribution in [1.29, 1.82) is 0 Å². The fourth-order valence-corrected chi connectivity index (χ4v) is 3.89. The second-order valence-electron chi connectivity index (χ2n) is 3.23. The number of hydrogen-bond acceptors (Lipinski definition) is 3. The van der Waals surface area contributed by atoms with Gasteiger partial charge in [-0.3, -0.25) is 0 Å². The molecule has 0 saturated heterocycles. The zero-order valence-corrected chi connectivity index (χ0v) is 12.6. The maximum atomic E-state index is 11.5. The third-order valence-electron chi connectivity index (χ3n) is 1.94. The van der Waals surface area contributed by atoms with Crippen molar-refractivity contribution in [2.75, 3.05) is 11.6 Å². The predicted octanol–water partition coefficient (Wildman–Crippen LogP) is 2.95. The van der Waals surface area contributed by atoms with E-state index in [1.54, 1.807) is 0 Å². The van der Waals surface area contributed by atoms with Gasteiger partial charge in [0.2, 0.25) is 10.0 Å². The maximum Gasteiger partial charge on any atom is 0.211 e. The number of halogens is 2. The van der Waals surface area contributed by atoms with Crippen molar-refractivity contribution >= 4 is 48.9 Å². The van der Waals surface area contributed by atoms with Crippen LogP contribution in [0.5, 0.6) is 0 Å². The smallest absolute Gasteiger partial charge is 0.211 e. The number of thiophene rings is 1. The normalized spacial score (nSPS) is 11.9. The Kier molecular flexibility index (Phi) is 6.28. The quantitative estimate of drug-likeness (QED) is 0.609. The van der Waals surface area contributed by atoms with Crippen molar-refractivity contribution in [1.82, 2.24) is 4.72 Å². The van der Waals surface area contributed by atoms with Gasteiger partial charge in [-0.15, -0.1) is 22.9 Å². The van der Waals surface area contributed by atoms with Gasteiger partial charge in [-0.1, -0.05) is 0 Å². The molecule has 92 valence electrons. The summed E-state index contributed by atoms with van der Waals surface area (Å²) in [6.07, 6.45) is 1.33. The molecule has 0 spiro atoms. The molecule has 1 aromatic heterocycles. The highest BCUT2D eigenvalue weighted by molar-refractivity contribution is 9.10. The average molecular weight is 347 g/mol. The van der Waals surface area contributed by atoms with Crippen LogP contribution in [0.4, 0.5) is 0 Å². The van der Waals surface area contributed by atoms with Gasteiger partial charge >= 0.3 is 0 Å². The number of rotatable bonds is 7. The lowest BCUT2D eigenvalue weighted by Gasteiger charge is -2.05. The molecule has 0 saturated carbocycles. The van der Waals surface area contributed by atoms with Crippen LogP contribution in [0.2, 0.25) is 0 Å². The Morgan fingerprint density at radius 3 is 2.75 bits per heavy atom. The van der Waals surface area contributed by atoms with E-state index in [1.807, 2.05) is 11.4 Å². The van der Waals surface area contributed by atoms with Gasteiger partial charge in [-0.25, -0.2) is 13.1 Å². The summed E-state index contributed by atoms with van der Waals surface area (Å²) in [5.74, 6) is 0.648. The summed E-state index contributed by atoms with van der Waals surface area (Å²) in [6.45, 7) is 0.349. The van der Waals surface area contributed by atoms with Crippen molar-refractivity contribution in [3.63, 3.8) is 0 Å². The van der Waals surface area contributed by atoms with Crippen LogP contribution in [0.3, 0.4) is 0 Å². The molecular weight excluding hydrogens is 334 g/mol. The molecule has 0 aliphatic carbocycles. The molecule has 0 fully saturated rings. The van der Waals surface area contributed by atoms with Crippen molar-refractivity contribution in [3.8, 4) is 0 Å². The van der Waals surface area contributed by atoms with Gasteiger partial charge in [0.15, 0.2) is 0 Å². The predicted molar refractivity (Wildman–Crippen MR) is 72.6 cm³/mol. The Balaban J connectivity index is 2.39. The molecule has 1 rings (SSSR count). The highest BCUT2D eigenvalue weighted by Crippen LogP contribution is 2.22. The van der Waals surface area contributed by atoms with Gasteiger partial charge in [-0.05, 0) is 40.2 Å². The van der Waals surface area contributed by atoms with Crippen molar-refractivity contribution in [2.24, 2.45) is 0 Å². The maximum absolute atomic E-state index is 11.5. The summed E-state index contributed by atoms with van der Waals surface area (Å²) in [6, 6.07) is 1.90. The molecule has 1 heterocycles. The van der Waals surface area contributed by atoms with E-state index in [4.69, 9.17) is 11.6 Å². The first kappa shape index (κ1) is 14.4. The molecule has 1 N–H and O–H groups in total. The number of sulfonamides is 1. The minimum absolute atomic E-state index is 0.142. The van der Waals surface area contributed by atoms with Gasteiger partial charge in [0.25, 0.3) is 0 Å². The fraction of sp³-hybridized carbons (Fsp3) is 0.556. The van der Waals surface area contributed by atoms with E-state index in [0.717, 1.165) is 15.8 Å². The molecule has 0 unspecified atom stereocenters. The van der Waals surface area contributed by atoms with Gasteiger partial charge in [-0.2, -0.15) is 0 Å². The van der Waals surface area contributed by atoms with E-state index in [1.165, 1.54) is 11.3 Å². The number of hydrogen-bond donors (Lipinski definition) is 1. The van der Waals surface area contributed by atoms with Crippen LogP contribution in [-0.4, -0.2) is 20.1 Å². The Morgan fingerprint density at radius 2 is 2.19 bits per heavy atom. The summed E-state index contributed by atoms with van der Waals surface area (Å²) in [4.78, 5) is 0.987. The van der Waals surface area contributed by atoms with Crippen LogP contribution in [0.25, 0.3) is 0 Å². The Bertz CT molecular complexity index is 419. The lowest BCUT2D eigenvalue weighted by molar-refractivity contribution is 0.578. The first-order valence-electron chi connectivity index (χ1n) is 4.80. The highest BCUT2D eigenvalue weighted by Gasteiger charge is 2.10. The molecule has 7 heteroatoms. The highest BCUT2D eigenvalue weighted by atomic mass is 79.9. The number of nitrogens with one attached hydrogen (secondary N) is 1. The average Bonchev–Trinajstić information content (AvgIpc) is 2.62. The molecule has 0 amide bonds. The van der Waals surface area contributed by atoms with Crippen LogP contribution in [0, 0.1) is 0 Å². The minimum atomic E-state index is -3.17. The second kappa shape index (κ2) is 6.96. The lowest BCUT2D eigenvalue weighted by Crippen LogP contribution is -2.25. The van der Waals surface area contributed by atoms with Gasteiger partial charge in [0.1, 0.15) is 0 Å². The van der Waals surface area contributed by atoms with E-state index in [-0.39, 0.29) is 5.75 Å². The largest absolute Gasteiger partial charge is 0.212 e. The van der Waals surface area contributed by atoms with Crippen LogP contribution in [-0.2, 0) is 16.6 Å². The third kappa shape index (κ3) is 5.14. The summed E-state index contributed by atoms with van der Waals surface area (Å²) in [5.41, 5.74) is 0. The monoisotopic (exact) mass is 345 g/mol. The molecule has 16 heavy (non-hydrogen) atoms. The van der Waals surface area contributed by atoms with E-state index in [2.05, 4.69) is 20.7 Å². The first-order chi connectivity index (χ1) is 7.55. The Labute approximate surface area is 113 Å². The summed E-state index contributed by atoms with van der Waals surface area (Å²) in [5, 5.41) is 1.92. The summed E-state index contributed by atoms with van der Waals surface area (Å²) >= 11 is 10.4. The zero-order valence-electron chi connectivity index (χ0n) is 8.58. The second-order valence-corrected chi connectivity index (χ2v) is 7.39. The number of alkyl halides is 1. The van der Waals surface area contributed by atoms with E-state index < -0.39 is 10.0 Å². The molecule has 0 radical (unpaired) electrons. The molecular formula is C9H13BrClNO2S2. The topological polar surface area (TPSA) is 46.2 Å². The van der Waals surface area contributed by atoms with Crippen molar-refractivity contribution < 1.29 is 8.42 Å². The minimum Gasteiger partial charge on any atom is -0.212 e. The van der Waals surface area contributed by atoms with E-state index >= 15 is 0 Å². The molecule has 0 bridgehead atoms. The van der Waals surface area contributed by atoms with Crippen LogP contribution in [0.1, 0.15) is 17.7 Å². The molecule has 1 aromatic rings. The fourth-order valence-electron chi connectivity index (χ4n) is 1.09. The van der Waals surface area contributed by atoms with Gasteiger partial charge in [0.05, 0.1) is 5.75 Å².